The molecule has 0 aromatic heterocycles. The lowest BCUT2D eigenvalue weighted by molar-refractivity contribution is -0.143. The average molecular weight is 290 g/mol. The molecule has 1 saturated heterocycles. The van der Waals surface area contributed by atoms with Crippen molar-refractivity contribution in [2.45, 2.75) is 52.6 Å². The Morgan fingerprint density at radius 1 is 1.21 bits per heavy atom. The van der Waals surface area contributed by atoms with Crippen molar-refractivity contribution in [3.8, 4) is 0 Å². The van der Waals surface area contributed by atoms with Crippen molar-refractivity contribution in [3.63, 3.8) is 0 Å². The van der Waals surface area contributed by atoms with E-state index in [0.717, 1.165) is 12.8 Å². The number of rotatable bonds is 6. The van der Waals surface area contributed by atoms with Crippen molar-refractivity contribution >= 4 is 15.9 Å². The van der Waals surface area contributed by atoms with Gasteiger partial charge in [-0.2, -0.15) is 0 Å². The minimum Gasteiger partial charge on any atom is -0.337 e. The van der Waals surface area contributed by atoms with Crippen molar-refractivity contribution < 1.29 is 13.2 Å². The van der Waals surface area contributed by atoms with E-state index in [1.54, 1.807) is 0 Å². The predicted molar refractivity (Wildman–Crippen MR) is 76.3 cm³/mol. The molecule has 0 bridgehead atoms. The molecule has 1 aliphatic heterocycles. The van der Waals surface area contributed by atoms with Crippen LogP contribution in [0.4, 0.5) is 0 Å². The van der Waals surface area contributed by atoms with E-state index >= 15 is 0 Å². The zero-order valence-electron chi connectivity index (χ0n) is 12.6. The van der Waals surface area contributed by atoms with Gasteiger partial charge in [0.05, 0.1) is 12.2 Å². The van der Waals surface area contributed by atoms with Crippen LogP contribution in [0.2, 0.25) is 0 Å². The molecular formula is C13H26N2O3S. The SMILES string of the molecule is CCC(C)N(C(=O)C1CN(S(C)(=O)=O)C1)C(C)CC. The van der Waals surface area contributed by atoms with Crippen LogP contribution in [0.15, 0.2) is 0 Å². The third-order valence-corrected chi connectivity index (χ3v) is 5.29. The summed E-state index contributed by atoms with van der Waals surface area (Å²) in [6.45, 7) is 8.91. The zero-order valence-corrected chi connectivity index (χ0v) is 13.4. The summed E-state index contributed by atoms with van der Waals surface area (Å²) in [5, 5.41) is 0. The van der Waals surface area contributed by atoms with E-state index in [1.165, 1.54) is 10.6 Å². The Balaban J connectivity index is 2.70. The largest absolute Gasteiger partial charge is 0.337 e. The molecule has 112 valence electrons. The third-order valence-electron chi connectivity index (χ3n) is 4.05. The summed E-state index contributed by atoms with van der Waals surface area (Å²) >= 11 is 0. The van der Waals surface area contributed by atoms with Crippen molar-refractivity contribution in [3.05, 3.63) is 0 Å². The van der Waals surface area contributed by atoms with Crippen LogP contribution in [0.5, 0.6) is 0 Å². The summed E-state index contributed by atoms with van der Waals surface area (Å²) in [6, 6.07) is 0.407. The zero-order chi connectivity index (χ0) is 14.8. The van der Waals surface area contributed by atoms with Gasteiger partial charge in [0.15, 0.2) is 0 Å². The maximum absolute atomic E-state index is 12.5. The van der Waals surface area contributed by atoms with Gasteiger partial charge in [-0.25, -0.2) is 12.7 Å². The van der Waals surface area contributed by atoms with Crippen LogP contribution in [0.25, 0.3) is 0 Å². The molecule has 0 spiro atoms. The second-order valence-corrected chi connectivity index (χ2v) is 7.52. The maximum atomic E-state index is 12.5. The number of carbonyl (C=O) groups excluding carboxylic acids is 1. The summed E-state index contributed by atoms with van der Waals surface area (Å²) < 4.78 is 24.0. The summed E-state index contributed by atoms with van der Waals surface area (Å²) in [5.74, 6) is -0.0682. The van der Waals surface area contributed by atoms with Crippen molar-refractivity contribution in [1.29, 1.82) is 0 Å². The highest BCUT2D eigenvalue weighted by Crippen LogP contribution is 2.24. The highest BCUT2D eigenvalue weighted by Gasteiger charge is 2.41. The van der Waals surface area contributed by atoms with Gasteiger partial charge in [0.2, 0.25) is 15.9 Å². The van der Waals surface area contributed by atoms with Crippen LogP contribution in [-0.4, -0.2) is 55.0 Å². The van der Waals surface area contributed by atoms with Gasteiger partial charge in [0, 0.05) is 25.2 Å². The van der Waals surface area contributed by atoms with Crippen LogP contribution >= 0.6 is 0 Å². The Hall–Kier alpha value is -0.620. The predicted octanol–water partition coefficient (Wildman–Crippen LogP) is 1.30. The third kappa shape index (κ3) is 3.69. The van der Waals surface area contributed by atoms with Crippen LogP contribution in [-0.2, 0) is 14.8 Å². The molecule has 1 rings (SSSR count). The molecule has 6 heteroatoms. The fourth-order valence-corrected chi connectivity index (χ4v) is 3.24. The molecule has 1 amide bonds. The Bertz CT molecular complexity index is 406. The molecule has 0 radical (unpaired) electrons. The monoisotopic (exact) mass is 290 g/mol. The van der Waals surface area contributed by atoms with E-state index in [0.29, 0.717) is 13.1 Å². The number of hydrogen-bond donors (Lipinski definition) is 0. The van der Waals surface area contributed by atoms with Gasteiger partial charge >= 0.3 is 0 Å². The number of carbonyl (C=O) groups is 1. The van der Waals surface area contributed by atoms with Gasteiger partial charge in [-0.1, -0.05) is 13.8 Å². The Morgan fingerprint density at radius 3 is 1.95 bits per heavy atom. The molecule has 1 aliphatic rings. The van der Waals surface area contributed by atoms with Crippen LogP contribution in [0.3, 0.4) is 0 Å². The first-order valence-corrected chi connectivity index (χ1v) is 8.84. The van der Waals surface area contributed by atoms with Gasteiger partial charge < -0.3 is 4.90 Å². The summed E-state index contributed by atoms with van der Waals surface area (Å²) in [5.41, 5.74) is 0. The van der Waals surface area contributed by atoms with E-state index in [-0.39, 0.29) is 23.9 Å². The minimum absolute atomic E-state index is 0.101. The van der Waals surface area contributed by atoms with Crippen LogP contribution in [0.1, 0.15) is 40.5 Å². The molecule has 0 saturated carbocycles. The molecule has 1 fully saturated rings. The Labute approximate surface area is 117 Å². The molecule has 2 atom stereocenters. The molecule has 0 aromatic rings. The second-order valence-electron chi connectivity index (χ2n) is 5.54. The van der Waals surface area contributed by atoms with Crippen LogP contribution < -0.4 is 0 Å². The van der Waals surface area contributed by atoms with Crippen molar-refractivity contribution in [1.82, 2.24) is 9.21 Å². The average Bonchev–Trinajstić information content (AvgIpc) is 2.24. The fraction of sp³-hybridized carbons (Fsp3) is 0.923. The van der Waals surface area contributed by atoms with E-state index in [4.69, 9.17) is 0 Å². The standard InChI is InChI=1S/C13H26N2O3S/c1-6-10(3)15(11(4)7-2)13(16)12-8-14(9-12)19(5,17)18/h10-12H,6-9H2,1-5H3. The van der Waals surface area contributed by atoms with Gasteiger partial charge in [0.1, 0.15) is 0 Å². The quantitative estimate of drug-likeness (QED) is 0.741. The number of hydrogen-bond acceptors (Lipinski definition) is 3. The molecule has 0 aliphatic carbocycles. The van der Waals surface area contributed by atoms with E-state index in [9.17, 15) is 13.2 Å². The normalized spacial score (nSPS) is 20.7. The lowest BCUT2D eigenvalue weighted by atomic mass is 9.98. The summed E-state index contributed by atoms with van der Waals surface area (Å²) in [7, 11) is -3.15. The first kappa shape index (κ1) is 16.4. The van der Waals surface area contributed by atoms with Gasteiger partial charge in [0.25, 0.3) is 0 Å². The fourth-order valence-electron chi connectivity index (χ4n) is 2.34. The Kier molecular flexibility index (Phi) is 5.38. The Morgan fingerprint density at radius 2 is 1.63 bits per heavy atom. The van der Waals surface area contributed by atoms with Gasteiger partial charge in [-0.15, -0.1) is 0 Å². The first-order valence-electron chi connectivity index (χ1n) is 6.99. The first-order chi connectivity index (χ1) is 8.72. The highest BCUT2D eigenvalue weighted by molar-refractivity contribution is 7.88. The maximum Gasteiger partial charge on any atom is 0.228 e. The summed E-state index contributed by atoms with van der Waals surface area (Å²) in [6.07, 6.45) is 3.02. The lowest BCUT2D eigenvalue weighted by Gasteiger charge is -2.42. The van der Waals surface area contributed by atoms with E-state index in [2.05, 4.69) is 27.7 Å². The molecule has 19 heavy (non-hydrogen) atoms. The van der Waals surface area contributed by atoms with Crippen LogP contribution in [0, 0.1) is 5.92 Å². The van der Waals surface area contributed by atoms with E-state index in [1.807, 2.05) is 4.90 Å². The topological polar surface area (TPSA) is 57.7 Å². The highest BCUT2D eigenvalue weighted by atomic mass is 32.2. The van der Waals surface area contributed by atoms with Crippen molar-refractivity contribution in [2.75, 3.05) is 19.3 Å². The molecule has 0 N–H and O–H groups in total. The number of amides is 1. The van der Waals surface area contributed by atoms with Crippen molar-refractivity contribution in [2.24, 2.45) is 5.92 Å². The number of nitrogens with zero attached hydrogens (tertiary/aromatic N) is 2. The molecule has 0 aromatic carbocycles. The van der Waals surface area contributed by atoms with Gasteiger partial charge in [-0.05, 0) is 26.7 Å². The van der Waals surface area contributed by atoms with E-state index < -0.39 is 10.0 Å². The molecular weight excluding hydrogens is 264 g/mol. The molecule has 5 nitrogen and oxygen atoms in total. The molecule has 2 unspecified atom stereocenters. The number of sulfonamides is 1. The second kappa shape index (κ2) is 6.22. The van der Waals surface area contributed by atoms with Gasteiger partial charge in [-0.3, -0.25) is 4.79 Å². The smallest absolute Gasteiger partial charge is 0.228 e. The molecule has 1 heterocycles. The minimum atomic E-state index is -3.15. The summed E-state index contributed by atoms with van der Waals surface area (Å²) in [4.78, 5) is 14.4. The lowest BCUT2D eigenvalue weighted by Crippen LogP contribution is -2.58.